The molecule has 0 radical (unpaired) electrons. The number of rotatable bonds is 24. The zero-order chi connectivity index (χ0) is 55.6. The Morgan fingerprint density at radius 1 is 0.506 bits per heavy atom. The molecule has 0 spiro atoms. The number of aliphatic imine (C=N–C) groups is 2. The van der Waals surface area contributed by atoms with E-state index in [-0.39, 0.29) is 95.6 Å². The van der Waals surface area contributed by atoms with E-state index in [1.54, 1.807) is 24.3 Å². The first kappa shape index (κ1) is 58.5. The lowest BCUT2D eigenvalue weighted by Gasteiger charge is -2.34. The van der Waals surface area contributed by atoms with Crippen molar-refractivity contribution >= 4 is 65.1 Å². The molecule has 0 bridgehead atoms. The number of nitrogens with one attached hydrogen (secondary N) is 5. The van der Waals surface area contributed by atoms with Gasteiger partial charge in [0.25, 0.3) is 0 Å². The number of carbonyl (C=O) groups excluding carboxylic acids is 9. The highest BCUT2D eigenvalue weighted by atomic mass is 16.2. The number of likely N-dealkylation sites (tertiary alicyclic amines) is 4. The van der Waals surface area contributed by atoms with Crippen LogP contribution in [0.4, 0.5) is 0 Å². The van der Waals surface area contributed by atoms with E-state index in [2.05, 4.69) is 36.6 Å². The fourth-order valence-corrected chi connectivity index (χ4v) is 10.8. The quantitative estimate of drug-likeness (QED) is 0.0320. The van der Waals surface area contributed by atoms with Gasteiger partial charge in [0.2, 0.25) is 53.2 Å². The Labute approximate surface area is 449 Å². The van der Waals surface area contributed by atoms with Crippen molar-refractivity contribution in [2.24, 2.45) is 32.9 Å². The van der Waals surface area contributed by atoms with Crippen LogP contribution in [-0.4, -0.2) is 179 Å². The van der Waals surface area contributed by atoms with Gasteiger partial charge in [-0.25, -0.2) is 0 Å². The lowest BCUT2D eigenvalue weighted by Crippen LogP contribution is -2.60. The summed E-state index contributed by atoms with van der Waals surface area (Å²) < 4.78 is 0. The summed E-state index contributed by atoms with van der Waals surface area (Å²) in [7, 11) is 1.49. The Morgan fingerprint density at radius 2 is 0.883 bits per heavy atom. The Balaban J connectivity index is 1.17. The topological polar surface area (TPSA) is 356 Å². The maximum absolute atomic E-state index is 14.8. The van der Waals surface area contributed by atoms with Crippen LogP contribution < -0.4 is 49.5 Å². The smallest absolute Gasteiger partial charge is 0.246 e. The third-order valence-corrected chi connectivity index (χ3v) is 14.6. The molecule has 9 amide bonds. The average Bonchev–Trinajstić information content (AvgIpc) is 4.28. The Bertz CT molecular complexity index is 2470. The molecule has 8 atom stereocenters. The first-order chi connectivity index (χ1) is 37.0. The molecule has 77 heavy (non-hydrogen) atoms. The van der Waals surface area contributed by atoms with Crippen LogP contribution in [0.25, 0.3) is 0 Å². The summed E-state index contributed by atoms with van der Waals surface area (Å²) >= 11 is 0. The summed E-state index contributed by atoms with van der Waals surface area (Å²) in [5, 5.41) is 14.0. The van der Waals surface area contributed by atoms with Gasteiger partial charge in [0.15, 0.2) is 11.9 Å². The number of benzene rings is 2. The van der Waals surface area contributed by atoms with Gasteiger partial charge in [0.05, 0.1) is 0 Å². The van der Waals surface area contributed by atoms with Crippen LogP contribution in [0.5, 0.6) is 0 Å². The summed E-state index contributed by atoms with van der Waals surface area (Å²) in [6.07, 6.45) is 4.49. The van der Waals surface area contributed by atoms with Crippen molar-refractivity contribution < 1.29 is 43.2 Å². The molecule has 418 valence electrons. The minimum Gasteiger partial charge on any atom is -0.370 e. The molecule has 4 heterocycles. The normalized spacial score (nSPS) is 20.5. The molecule has 4 aliphatic heterocycles. The Morgan fingerprint density at radius 3 is 1.27 bits per heavy atom. The second-order valence-electron chi connectivity index (χ2n) is 20.1. The summed E-state index contributed by atoms with van der Waals surface area (Å²) in [6, 6.07) is 10.3. The third kappa shape index (κ3) is 16.1. The van der Waals surface area contributed by atoms with Gasteiger partial charge < -0.3 is 69.1 Å². The minimum absolute atomic E-state index is 0.0158. The first-order valence-electron chi connectivity index (χ1n) is 26.8. The second-order valence-corrected chi connectivity index (χ2v) is 20.1. The molecular formula is C53H77N15O9. The number of carbonyl (C=O) groups is 9. The fraction of sp³-hybridized carbons (Fsp3) is 0.566. The van der Waals surface area contributed by atoms with E-state index in [0.717, 1.165) is 5.56 Å². The van der Waals surface area contributed by atoms with Gasteiger partial charge in [-0.1, -0.05) is 60.7 Å². The molecule has 0 unspecified atom stereocenters. The van der Waals surface area contributed by atoms with E-state index in [1.165, 1.54) is 33.6 Å². The molecule has 4 fully saturated rings. The van der Waals surface area contributed by atoms with Gasteiger partial charge in [-0.2, -0.15) is 0 Å². The van der Waals surface area contributed by atoms with Gasteiger partial charge in [0.1, 0.15) is 48.3 Å². The molecule has 6 rings (SSSR count). The zero-order valence-corrected chi connectivity index (χ0v) is 44.2. The monoisotopic (exact) mass is 1070 g/mol. The number of hydrogen-bond acceptors (Lipinski definition) is 11. The van der Waals surface area contributed by atoms with E-state index < -0.39 is 95.6 Å². The van der Waals surface area contributed by atoms with Crippen LogP contribution in [-0.2, 0) is 56.0 Å². The highest BCUT2D eigenvalue weighted by Gasteiger charge is 2.46. The number of guanidine groups is 2. The molecule has 2 aromatic carbocycles. The van der Waals surface area contributed by atoms with Crippen molar-refractivity contribution in [3.8, 4) is 0 Å². The van der Waals surface area contributed by atoms with Crippen LogP contribution in [0.15, 0.2) is 70.6 Å². The van der Waals surface area contributed by atoms with Gasteiger partial charge in [-0.3, -0.25) is 53.1 Å². The average molecular weight is 1070 g/mol. The summed E-state index contributed by atoms with van der Waals surface area (Å²) in [5.41, 5.74) is 23.7. The molecule has 0 aliphatic carbocycles. The molecule has 2 aromatic rings. The largest absolute Gasteiger partial charge is 0.370 e. The van der Waals surface area contributed by atoms with Crippen LogP contribution >= 0.6 is 0 Å². The molecule has 13 N–H and O–H groups in total. The predicted octanol–water partition coefficient (Wildman–Crippen LogP) is -1.75. The van der Waals surface area contributed by atoms with Crippen molar-refractivity contribution in [2.45, 2.75) is 145 Å². The summed E-state index contributed by atoms with van der Waals surface area (Å²) in [5.74, 6) is -4.62. The molecule has 24 nitrogen and oxygen atoms in total. The van der Waals surface area contributed by atoms with Crippen molar-refractivity contribution in [1.29, 1.82) is 0 Å². The number of nitrogens with two attached hydrogens (primary N) is 4. The van der Waals surface area contributed by atoms with Crippen molar-refractivity contribution in [3.05, 3.63) is 71.8 Å². The van der Waals surface area contributed by atoms with Crippen molar-refractivity contribution in [1.82, 2.24) is 46.2 Å². The molecule has 0 aromatic heterocycles. The van der Waals surface area contributed by atoms with Crippen LogP contribution in [0, 0.1) is 0 Å². The highest BCUT2D eigenvalue weighted by Crippen LogP contribution is 2.28. The SMILES string of the molecule is CNC(=O)[C@H](Cc1ccccc1)NC(=O)[C@@H]1CCCN1C(=O)[C@@H]1CCCN1C(=O)[C@H](CCCN=C(N)N)NC(=O)[C@H](Cc1ccccc1)NC(=O)[C@@H]1CCCN1C(=O)[C@@H]1CCCN1C(=O)[C@H](CCCN=C(N)N)NC(C)=O. The standard InChI is InChI=1S/C53H77N15O9/c1-33(69)61-36(19-9-25-59-52(54)55)48(74)67-29-13-23-42(67)50(76)66-28-12-22-41(66)47(73)64-39(32-35-17-7-4-8-18-35)45(71)62-37(20-10-26-60-53(56)57)49(75)68-30-14-24-43(68)51(77)65-27-11-21-40(65)46(72)63-38(44(70)58-2)31-34-15-5-3-6-16-34/h3-8,15-18,36-43H,9-14,19-32H2,1-2H3,(H,58,70)(H,61,69)(H,62,71)(H,63,72)(H,64,73)(H4,54,55,59)(H4,56,57,60)/t36-,37-,38-,39-,40-,41-,42-,43-/m0/s1. The first-order valence-corrected chi connectivity index (χ1v) is 26.8. The second kappa shape index (κ2) is 28.4. The van der Waals surface area contributed by atoms with E-state index in [9.17, 15) is 43.2 Å². The van der Waals surface area contributed by atoms with Crippen LogP contribution in [0.3, 0.4) is 0 Å². The van der Waals surface area contributed by atoms with Gasteiger partial charge in [0, 0.05) is 66.1 Å². The molecule has 0 saturated carbocycles. The van der Waals surface area contributed by atoms with E-state index in [4.69, 9.17) is 22.9 Å². The lowest BCUT2D eigenvalue weighted by atomic mass is 10.0. The van der Waals surface area contributed by atoms with Gasteiger partial charge in [-0.15, -0.1) is 0 Å². The number of hydrogen-bond donors (Lipinski definition) is 9. The number of nitrogens with zero attached hydrogens (tertiary/aromatic N) is 6. The molecular weight excluding hydrogens is 991 g/mol. The van der Waals surface area contributed by atoms with Crippen molar-refractivity contribution in [3.63, 3.8) is 0 Å². The number of amides is 9. The summed E-state index contributed by atoms with van der Waals surface area (Å²) in [6.45, 7) is 2.63. The van der Waals surface area contributed by atoms with E-state index in [1.807, 2.05) is 36.4 Å². The lowest BCUT2D eigenvalue weighted by molar-refractivity contribution is -0.148. The predicted molar refractivity (Wildman–Crippen MR) is 287 cm³/mol. The maximum atomic E-state index is 14.8. The highest BCUT2D eigenvalue weighted by molar-refractivity contribution is 5.99. The third-order valence-electron chi connectivity index (χ3n) is 14.6. The van der Waals surface area contributed by atoms with Gasteiger partial charge >= 0.3 is 0 Å². The van der Waals surface area contributed by atoms with Gasteiger partial charge in [-0.05, 0) is 88.2 Å². The fourth-order valence-electron chi connectivity index (χ4n) is 10.8. The van der Waals surface area contributed by atoms with Crippen LogP contribution in [0.2, 0.25) is 0 Å². The summed E-state index contributed by atoms with van der Waals surface area (Å²) in [4.78, 5) is 140. The van der Waals surface area contributed by atoms with E-state index >= 15 is 0 Å². The Hall–Kier alpha value is -7.79. The van der Waals surface area contributed by atoms with Crippen molar-refractivity contribution in [2.75, 3.05) is 46.3 Å². The minimum atomic E-state index is -1.24. The molecule has 4 saturated heterocycles. The molecule has 4 aliphatic rings. The Kier molecular flexibility index (Phi) is 21.5. The van der Waals surface area contributed by atoms with E-state index in [0.29, 0.717) is 56.9 Å². The molecule has 24 heteroatoms. The maximum Gasteiger partial charge on any atom is 0.246 e. The zero-order valence-electron chi connectivity index (χ0n) is 44.2. The number of likely N-dealkylation sites (N-methyl/N-ethyl adjacent to an activating group) is 1. The van der Waals surface area contributed by atoms with Crippen LogP contribution in [0.1, 0.15) is 95.1 Å².